The van der Waals surface area contributed by atoms with Crippen molar-refractivity contribution in [2.45, 2.75) is 31.8 Å². The van der Waals surface area contributed by atoms with Crippen molar-refractivity contribution in [3.05, 3.63) is 43.8 Å². The number of thiophene rings is 1. The first kappa shape index (κ1) is 18.2. The number of anilines is 1. The summed E-state index contributed by atoms with van der Waals surface area (Å²) in [5.41, 5.74) is 8.19. The third-order valence-corrected chi connectivity index (χ3v) is 5.62. The van der Waals surface area contributed by atoms with Crippen molar-refractivity contribution in [3.8, 4) is 6.07 Å². The van der Waals surface area contributed by atoms with E-state index in [1.807, 2.05) is 11.4 Å². The highest BCUT2D eigenvalue weighted by Crippen LogP contribution is 2.36. The predicted octanol–water partition coefficient (Wildman–Crippen LogP) is 5.09. The average Bonchev–Trinajstić information content (AvgIpc) is 3.21. The lowest BCUT2D eigenvalue weighted by Gasteiger charge is -2.07. The Balaban J connectivity index is 1.87. The van der Waals surface area contributed by atoms with Crippen molar-refractivity contribution in [3.63, 3.8) is 0 Å². The van der Waals surface area contributed by atoms with Gasteiger partial charge in [-0.2, -0.15) is 5.26 Å². The lowest BCUT2D eigenvalue weighted by Crippen LogP contribution is -2.22. The second kappa shape index (κ2) is 8.19. The molecule has 3 aromatic heterocycles. The van der Waals surface area contributed by atoms with Crippen molar-refractivity contribution in [2.24, 2.45) is 5.73 Å². The van der Waals surface area contributed by atoms with Crippen LogP contribution in [0.1, 0.15) is 23.5 Å². The number of halogens is 2. The van der Waals surface area contributed by atoms with E-state index in [1.165, 1.54) is 4.88 Å². The zero-order valence-electron chi connectivity index (χ0n) is 13.3. The van der Waals surface area contributed by atoms with Crippen LogP contribution in [0, 0.1) is 11.3 Å². The molecule has 0 aliphatic carbocycles. The molecule has 0 amide bonds. The molecule has 0 unspecified atom stereocenters. The topological polar surface area (TPSA) is 87.9 Å². The van der Waals surface area contributed by atoms with Crippen LogP contribution in [0.3, 0.4) is 0 Å². The Bertz CT molecular complexity index is 904. The van der Waals surface area contributed by atoms with E-state index in [-0.39, 0.29) is 6.04 Å². The number of nitrogens with two attached hydrogens (primary N) is 1. The van der Waals surface area contributed by atoms with Gasteiger partial charge in [0.15, 0.2) is 5.58 Å². The van der Waals surface area contributed by atoms with Gasteiger partial charge in [0.1, 0.15) is 16.4 Å². The van der Waals surface area contributed by atoms with Gasteiger partial charge in [-0.3, -0.25) is 0 Å². The first-order valence-electron chi connectivity index (χ1n) is 7.74. The van der Waals surface area contributed by atoms with E-state index in [0.29, 0.717) is 42.1 Å². The molecule has 8 heteroatoms. The largest absolute Gasteiger partial charge is 0.456 e. The Labute approximate surface area is 162 Å². The third-order valence-electron chi connectivity index (χ3n) is 3.73. The van der Waals surface area contributed by atoms with E-state index in [1.54, 1.807) is 17.4 Å². The number of hydrogen-bond donors (Lipinski definition) is 2. The second-order valence-corrected chi connectivity index (χ2v) is 7.82. The fourth-order valence-electron chi connectivity index (χ4n) is 2.50. The molecule has 1 atom stereocenters. The summed E-state index contributed by atoms with van der Waals surface area (Å²) in [6.45, 7) is 0.683. The summed E-state index contributed by atoms with van der Waals surface area (Å²) in [4.78, 5) is 5.58. The SMILES string of the molecule is N#CCC[C@H](N)Cc1oc2c(NCc3cccs3)cc(Cl)nc2c1Br. The Morgan fingerprint density at radius 1 is 1.52 bits per heavy atom. The Morgan fingerprint density at radius 3 is 3.08 bits per heavy atom. The van der Waals surface area contributed by atoms with Crippen LogP contribution >= 0.6 is 38.9 Å². The average molecular weight is 440 g/mol. The molecule has 0 radical (unpaired) electrons. The van der Waals surface area contributed by atoms with Gasteiger partial charge < -0.3 is 15.5 Å². The van der Waals surface area contributed by atoms with Crippen LogP contribution in [-0.4, -0.2) is 11.0 Å². The van der Waals surface area contributed by atoms with Crippen molar-refractivity contribution in [1.82, 2.24) is 4.98 Å². The number of nitrogens with zero attached hydrogens (tertiary/aromatic N) is 2. The van der Waals surface area contributed by atoms with Gasteiger partial charge in [-0.1, -0.05) is 17.7 Å². The summed E-state index contributed by atoms with van der Waals surface area (Å²) in [5.74, 6) is 0.717. The molecule has 0 saturated carbocycles. The van der Waals surface area contributed by atoms with Gasteiger partial charge in [0.05, 0.1) is 16.2 Å². The minimum atomic E-state index is -0.144. The molecule has 25 heavy (non-hydrogen) atoms. The number of fused-ring (bicyclic) bond motifs is 1. The van der Waals surface area contributed by atoms with E-state index in [0.717, 1.165) is 15.9 Å². The molecule has 3 heterocycles. The number of pyridine rings is 1. The van der Waals surface area contributed by atoms with Gasteiger partial charge in [-0.25, -0.2) is 4.98 Å². The Morgan fingerprint density at radius 2 is 2.36 bits per heavy atom. The fourth-order valence-corrected chi connectivity index (χ4v) is 3.85. The lowest BCUT2D eigenvalue weighted by atomic mass is 10.1. The summed E-state index contributed by atoms with van der Waals surface area (Å²) >= 11 is 11.4. The van der Waals surface area contributed by atoms with Crippen molar-refractivity contribution in [1.29, 1.82) is 5.26 Å². The van der Waals surface area contributed by atoms with E-state index < -0.39 is 0 Å². The molecule has 0 bridgehead atoms. The van der Waals surface area contributed by atoms with Crippen molar-refractivity contribution < 1.29 is 4.42 Å². The van der Waals surface area contributed by atoms with Gasteiger partial charge in [-0.05, 0) is 33.8 Å². The van der Waals surface area contributed by atoms with Crippen LogP contribution in [0.5, 0.6) is 0 Å². The number of nitriles is 1. The summed E-state index contributed by atoms with van der Waals surface area (Å²) in [6, 6.07) is 7.80. The van der Waals surface area contributed by atoms with Gasteiger partial charge in [0.2, 0.25) is 0 Å². The lowest BCUT2D eigenvalue weighted by molar-refractivity contribution is 0.500. The number of rotatable bonds is 7. The summed E-state index contributed by atoms with van der Waals surface area (Å²) in [6.07, 6.45) is 1.58. The summed E-state index contributed by atoms with van der Waals surface area (Å²) in [5, 5.41) is 14.5. The standard InChI is InChI=1S/C17H16BrClN4OS/c18-15-13(7-10(21)3-1-5-20)24-17-12(8-14(19)23-16(15)17)22-9-11-4-2-6-25-11/h2,4,6,8,10H,1,3,7,9,21H2,(H,22,23)/t10-/m0/s1. The molecule has 130 valence electrons. The maximum atomic E-state index is 8.68. The molecule has 3 rings (SSSR count). The smallest absolute Gasteiger partial charge is 0.177 e. The van der Waals surface area contributed by atoms with E-state index >= 15 is 0 Å². The van der Waals surface area contributed by atoms with E-state index in [2.05, 4.69) is 38.4 Å². The van der Waals surface area contributed by atoms with Gasteiger partial charge in [0.25, 0.3) is 0 Å². The molecule has 0 saturated heterocycles. The molecular formula is C17H16BrClN4OS. The normalized spacial score (nSPS) is 12.2. The maximum Gasteiger partial charge on any atom is 0.177 e. The molecule has 0 aliphatic heterocycles. The first-order valence-corrected chi connectivity index (χ1v) is 9.79. The molecule has 0 aliphatic rings. The van der Waals surface area contributed by atoms with Crippen LogP contribution in [0.15, 0.2) is 32.5 Å². The monoisotopic (exact) mass is 438 g/mol. The highest BCUT2D eigenvalue weighted by Gasteiger charge is 2.19. The van der Waals surface area contributed by atoms with E-state index in [4.69, 9.17) is 27.0 Å². The minimum absolute atomic E-state index is 0.144. The number of aromatic nitrogens is 1. The zero-order chi connectivity index (χ0) is 17.8. The Hall–Kier alpha value is -1.59. The van der Waals surface area contributed by atoms with E-state index in [9.17, 15) is 0 Å². The van der Waals surface area contributed by atoms with Crippen LogP contribution in [-0.2, 0) is 13.0 Å². The number of hydrogen-bond acceptors (Lipinski definition) is 6. The van der Waals surface area contributed by atoms with Crippen molar-refractivity contribution >= 4 is 55.7 Å². The molecule has 3 aromatic rings. The maximum absolute atomic E-state index is 8.68. The van der Waals surface area contributed by atoms with Crippen LogP contribution < -0.4 is 11.1 Å². The van der Waals surface area contributed by atoms with Crippen LogP contribution in [0.4, 0.5) is 5.69 Å². The molecule has 3 N–H and O–H groups in total. The molecule has 0 spiro atoms. The second-order valence-electron chi connectivity index (χ2n) is 5.60. The molecule has 0 fully saturated rings. The highest BCUT2D eigenvalue weighted by atomic mass is 79.9. The van der Waals surface area contributed by atoms with Gasteiger partial charge >= 0.3 is 0 Å². The Kier molecular flexibility index (Phi) is 5.97. The summed E-state index contributed by atoms with van der Waals surface area (Å²) < 4.78 is 6.78. The van der Waals surface area contributed by atoms with Crippen molar-refractivity contribution in [2.75, 3.05) is 5.32 Å². The zero-order valence-corrected chi connectivity index (χ0v) is 16.4. The van der Waals surface area contributed by atoms with Crippen LogP contribution in [0.25, 0.3) is 11.1 Å². The highest BCUT2D eigenvalue weighted by molar-refractivity contribution is 9.10. The number of furan rings is 1. The quantitative estimate of drug-likeness (QED) is 0.501. The third kappa shape index (κ3) is 4.33. The molecular weight excluding hydrogens is 424 g/mol. The predicted molar refractivity (Wildman–Crippen MR) is 105 cm³/mol. The number of nitrogens with one attached hydrogen (secondary N) is 1. The molecule has 0 aromatic carbocycles. The fraction of sp³-hybridized carbons (Fsp3) is 0.294. The van der Waals surface area contributed by atoms with Crippen LogP contribution in [0.2, 0.25) is 5.15 Å². The first-order chi connectivity index (χ1) is 12.1. The molecule has 5 nitrogen and oxygen atoms in total. The van der Waals surface area contributed by atoms with Gasteiger partial charge in [0, 0.05) is 36.4 Å². The minimum Gasteiger partial charge on any atom is -0.456 e. The summed E-state index contributed by atoms with van der Waals surface area (Å²) in [7, 11) is 0. The van der Waals surface area contributed by atoms with Gasteiger partial charge in [-0.15, -0.1) is 11.3 Å².